The van der Waals surface area contributed by atoms with Crippen LogP contribution in [-0.2, 0) is 13.0 Å². The molecule has 0 spiro atoms. The number of nitrogens with one attached hydrogen (secondary N) is 2. The summed E-state index contributed by atoms with van der Waals surface area (Å²) < 4.78 is 7.41. The summed E-state index contributed by atoms with van der Waals surface area (Å²) in [6.07, 6.45) is 6.52. The highest BCUT2D eigenvalue weighted by atomic mass is 16.5. The molecule has 1 aliphatic rings. The molecule has 0 amide bonds. The fourth-order valence-corrected chi connectivity index (χ4v) is 3.96. The zero-order valence-corrected chi connectivity index (χ0v) is 18.5. The van der Waals surface area contributed by atoms with E-state index in [9.17, 15) is 0 Å². The second kappa shape index (κ2) is 11.5. The van der Waals surface area contributed by atoms with E-state index in [-0.39, 0.29) is 0 Å². The molecule has 8 nitrogen and oxygen atoms in total. The van der Waals surface area contributed by atoms with Gasteiger partial charge in [-0.25, -0.2) is 0 Å². The quantitative estimate of drug-likeness (QED) is 0.485. The Kier molecular flexibility index (Phi) is 8.50. The molecule has 2 aromatic rings. The van der Waals surface area contributed by atoms with Crippen molar-refractivity contribution >= 4 is 5.96 Å². The molecular formula is C22H35N7O. The molecule has 1 atom stereocenters. The maximum absolute atomic E-state index is 5.33. The lowest BCUT2D eigenvalue weighted by Crippen LogP contribution is -2.45. The van der Waals surface area contributed by atoms with Crippen LogP contribution in [0.15, 0.2) is 35.6 Å². The van der Waals surface area contributed by atoms with Crippen molar-refractivity contribution < 1.29 is 4.74 Å². The van der Waals surface area contributed by atoms with E-state index < -0.39 is 0 Å². The lowest BCUT2D eigenvalue weighted by molar-refractivity contribution is 0.164. The van der Waals surface area contributed by atoms with Crippen LogP contribution in [0.1, 0.15) is 43.6 Å². The van der Waals surface area contributed by atoms with Crippen LogP contribution in [0.3, 0.4) is 0 Å². The number of methoxy groups -OCH3 is 1. The molecule has 1 aliphatic heterocycles. The summed E-state index contributed by atoms with van der Waals surface area (Å²) in [5, 5.41) is 15.1. The number of piperidine rings is 1. The average molecular weight is 414 g/mol. The summed E-state index contributed by atoms with van der Waals surface area (Å²) in [5.41, 5.74) is 1.30. The van der Waals surface area contributed by atoms with Gasteiger partial charge in [0, 0.05) is 33.1 Å². The van der Waals surface area contributed by atoms with Crippen LogP contribution in [0.5, 0.6) is 5.75 Å². The molecule has 2 N–H and O–H groups in total. The van der Waals surface area contributed by atoms with Crippen molar-refractivity contribution in [3.8, 4) is 5.75 Å². The van der Waals surface area contributed by atoms with Crippen molar-refractivity contribution in [2.75, 3.05) is 40.3 Å². The average Bonchev–Trinajstić information content (AvgIpc) is 3.26. The summed E-state index contributed by atoms with van der Waals surface area (Å²) in [4.78, 5) is 6.98. The van der Waals surface area contributed by atoms with Gasteiger partial charge in [0.25, 0.3) is 0 Å². The molecule has 1 fully saturated rings. The van der Waals surface area contributed by atoms with Gasteiger partial charge in [-0.1, -0.05) is 25.5 Å². The normalized spacial score (nSPS) is 16.3. The number of ether oxygens (including phenoxy) is 1. The van der Waals surface area contributed by atoms with E-state index >= 15 is 0 Å². The monoisotopic (exact) mass is 413 g/mol. The SMILES string of the molecule is CCc1nncn1CCNC(=NC)NCC(c1ccc(OC)cc1)N1CCCCC1. The van der Waals surface area contributed by atoms with Crippen molar-refractivity contribution in [2.24, 2.45) is 4.99 Å². The third kappa shape index (κ3) is 5.95. The van der Waals surface area contributed by atoms with E-state index in [0.29, 0.717) is 6.04 Å². The predicted molar refractivity (Wildman–Crippen MR) is 120 cm³/mol. The number of guanidine groups is 1. The molecule has 2 heterocycles. The third-order valence-corrected chi connectivity index (χ3v) is 5.68. The minimum absolute atomic E-state index is 0.305. The van der Waals surface area contributed by atoms with E-state index in [4.69, 9.17) is 4.74 Å². The Bertz CT molecular complexity index is 781. The molecule has 0 radical (unpaired) electrons. The van der Waals surface area contributed by atoms with Crippen LogP contribution in [-0.4, -0.2) is 66.0 Å². The Labute approximate surface area is 179 Å². The van der Waals surface area contributed by atoms with E-state index in [1.807, 2.05) is 19.2 Å². The van der Waals surface area contributed by atoms with Crippen molar-refractivity contribution in [1.82, 2.24) is 30.3 Å². The van der Waals surface area contributed by atoms with Gasteiger partial charge in [-0.2, -0.15) is 0 Å². The minimum atomic E-state index is 0.305. The van der Waals surface area contributed by atoms with Gasteiger partial charge in [0.2, 0.25) is 0 Å². The molecular weight excluding hydrogens is 378 g/mol. The molecule has 1 aromatic carbocycles. The zero-order chi connectivity index (χ0) is 21.2. The first-order chi connectivity index (χ1) is 14.7. The maximum atomic E-state index is 5.33. The molecule has 1 aromatic heterocycles. The second-order valence-electron chi connectivity index (χ2n) is 7.56. The summed E-state index contributed by atoms with van der Waals surface area (Å²) >= 11 is 0. The number of rotatable bonds is 9. The van der Waals surface area contributed by atoms with Crippen LogP contribution >= 0.6 is 0 Å². The van der Waals surface area contributed by atoms with Gasteiger partial charge >= 0.3 is 0 Å². The second-order valence-corrected chi connectivity index (χ2v) is 7.56. The molecule has 0 bridgehead atoms. The van der Waals surface area contributed by atoms with Gasteiger partial charge in [0.15, 0.2) is 5.96 Å². The number of aryl methyl sites for hydroxylation is 1. The van der Waals surface area contributed by atoms with Gasteiger partial charge in [0.05, 0.1) is 13.2 Å². The molecule has 164 valence electrons. The minimum Gasteiger partial charge on any atom is -0.497 e. The number of hydrogen-bond acceptors (Lipinski definition) is 5. The van der Waals surface area contributed by atoms with E-state index in [0.717, 1.165) is 56.7 Å². The molecule has 1 unspecified atom stereocenters. The van der Waals surface area contributed by atoms with E-state index in [1.54, 1.807) is 13.4 Å². The maximum Gasteiger partial charge on any atom is 0.191 e. The first-order valence-corrected chi connectivity index (χ1v) is 10.9. The number of nitrogens with zero attached hydrogens (tertiary/aromatic N) is 5. The number of hydrogen-bond donors (Lipinski definition) is 2. The molecule has 3 rings (SSSR count). The van der Waals surface area contributed by atoms with Crippen molar-refractivity contribution in [3.05, 3.63) is 42.0 Å². The van der Waals surface area contributed by atoms with E-state index in [2.05, 4.69) is 54.3 Å². The summed E-state index contributed by atoms with van der Waals surface area (Å²) in [7, 11) is 3.52. The van der Waals surface area contributed by atoms with Crippen LogP contribution in [0.2, 0.25) is 0 Å². The number of likely N-dealkylation sites (tertiary alicyclic amines) is 1. The van der Waals surface area contributed by atoms with Crippen molar-refractivity contribution in [1.29, 1.82) is 0 Å². The van der Waals surface area contributed by atoms with Gasteiger partial charge in [-0.05, 0) is 43.6 Å². The first kappa shape index (κ1) is 22.1. The number of aromatic nitrogens is 3. The van der Waals surface area contributed by atoms with Crippen LogP contribution < -0.4 is 15.4 Å². The van der Waals surface area contributed by atoms with Gasteiger partial charge in [-0.3, -0.25) is 9.89 Å². The van der Waals surface area contributed by atoms with Crippen molar-refractivity contribution in [3.63, 3.8) is 0 Å². The Hall–Kier alpha value is -2.61. The topological polar surface area (TPSA) is 79.6 Å². The van der Waals surface area contributed by atoms with Crippen molar-refractivity contribution in [2.45, 2.75) is 45.2 Å². The summed E-state index contributed by atoms with van der Waals surface area (Å²) in [6, 6.07) is 8.75. The standard InChI is InChI=1S/C22H35N7O/c1-4-21-27-26-17-29(21)15-12-24-22(23-2)25-16-20(28-13-6-5-7-14-28)18-8-10-19(30-3)11-9-18/h8-11,17,20H,4-7,12-16H2,1-3H3,(H2,23,24,25). The molecule has 0 aliphatic carbocycles. The lowest BCUT2D eigenvalue weighted by atomic mass is 10.0. The fraction of sp³-hybridized carbons (Fsp3) is 0.591. The summed E-state index contributed by atoms with van der Waals surface area (Å²) in [6.45, 7) is 6.75. The molecule has 8 heteroatoms. The Morgan fingerprint density at radius 3 is 2.60 bits per heavy atom. The number of benzene rings is 1. The lowest BCUT2D eigenvalue weighted by Gasteiger charge is -2.35. The van der Waals surface area contributed by atoms with Crippen LogP contribution in [0.25, 0.3) is 0 Å². The highest BCUT2D eigenvalue weighted by molar-refractivity contribution is 5.79. The highest BCUT2D eigenvalue weighted by Gasteiger charge is 2.22. The van der Waals surface area contributed by atoms with Crippen LogP contribution in [0, 0.1) is 0 Å². The van der Waals surface area contributed by atoms with Gasteiger partial charge in [-0.15, -0.1) is 10.2 Å². The van der Waals surface area contributed by atoms with E-state index in [1.165, 1.54) is 24.8 Å². The van der Waals surface area contributed by atoms with Gasteiger partial charge in [0.1, 0.15) is 17.9 Å². The van der Waals surface area contributed by atoms with Gasteiger partial charge < -0.3 is 19.9 Å². The highest BCUT2D eigenvalue weighted by Crippen LogP contribution is 2.25. The molecule has 0 saturated carbocycles. The largest absolute Gasteiger partial charge is 0.497 e. The fourth-order valence-electron chi connectivity index (χ4n) is 3.96. The zero-order valence-electron chi connectivity index (χ0n) is 18.5. The number of aliphatic imine (C=N–C) groups is 1. The smallest absolute Gasteiger partial charge is 0.191 e. The molecule has 1 saturated heterocycles. The first-order valence-electron chi connectivity index (χ1n) is 10.9. The third-order valence-electron chi connectivity index (χ3n) is 5.68. The Balaban J connectivity index is 1.58. The summed E-state index contributed by atoms with van der Waals surface area (Å²) in [5.74, 6) is 2.71. The predicted octanol–water partition coefficient (Wildman–Crippen LogP) is 2.24. The van der Waals surface area contributed by atoms with Crippen LogP contribution in [0.4, 0.5) is 0 Å². The molecule has 30 heavy (non-hydrogen) atoms. The Morgan fingerprint density at radius 1 is 1.17 bits per heavy atom. The Morgan fingerprint density at radius 2 is 1.93 bits per heavy atom.